The minimum absolute atomic E-state index is 0.0574. The Hall–Kier alpha value is -2.34. The Labute approximate surface area is 148 Å². The molecule has 1 saturated heterocycles. The molecule has 0 saturated carbocycles. The molecule has 2 aromatic rings. The number of morpholine rings is 1. The number of urea groups is 1. The molecule has 1 atom stereocenters. The van der Waals surface area contributed by atoms with Crippen molar-refractivity contribution in [2.24, 2.45) is 7.05 Å². The Balaban J connectivity index is 1.59. The fourth-order valence-electron chi connectivity index (χ4n) is 3.09. The van der Waals surface area contributed by atoms with E-state index in [4.69, 9.17) is 4.74 Å². The normalized spacial score (nSPS) is 20.5. The Kier molecular flexibility index (Phi) is 5.08. The third kappa shape index (κ3) is 4.02. The minimum Gasteiger partial charge on any atom is -0.367 e. The van der Waals surface area contributed by atoms with Gasteiger partial charge in [0.15, 0.2) is 0 Å². The molecule has 25 heavy (non-hydrogen) atoms. The number of aromatic nitrogens is 2. The number of hydrogen-bond donors (Lipinski definition) is 1. The second-order valence-corrected chi connectivity index (χ2v) is 6.73. The molecule has 1 aromatic heterocycles. The maximum Gasteiger partial charge on any atom is 0.317 e. The highest BCUT2D eigenvalue weighted by molar-refractivity contribution is 5.74. The van der Waals surface area contributed by atoms with Crippen LogP contribution >= 0.6 is 0 Å². The van der Waals surface area contributed by atoms with Gasteiger partial charge in [0.2, 0.25) is 0 Å². The predicted molar refractivity (Wildman–Crippen MR) is 96.1 cm³/mol. The standard InChI is InChI=1S/C19H26N4O2/c1-4-15-5-7-16(8-6-15)11-20-18(24)23-9-10-25-19(2,14-23)17-12-21-22(3)13-17/h5-8,12-13H,4,9-11,14H2,1-3H3,(H,20,24)/t19-/m0/s1. The van der Waals surface area contributed by atoms with E-state index in [1.54, 1.807) is 10.9 Å². The number of benzene rings is 1. The first-order valence-electron chi connectivity index (χ1n) is 8.74. The fraction of sp³-hybridized carbons (Fsp3) is 0.474. The molecule has 6 nitrogen and oxygen atoms in total. The molecule has 0 bridgehead atoms. The molecule has 0 unspecified atom stereocenters. The van der Waals surface area contributed by atoms with Crippen LogP contribution in [0.2, 0.25) is 0 Å². The monoisotopic (exact) mass is 342 g/mol. The molecule has 134 valence electrons. The Morgan fingerprint density at radius 3 is 2.68 bits per heavy atom. The topological polar surface area (TPSA) is 59.4 Å². The molecule has 0 aliphatic carbocycles. The molecule has 6 heteroatoms. The van der Waals surface area contributed by atoms with E-state index >= 15 is 0 Å². The molecular formula is C19H26N4O2. The van der Waals surface area contributed by atoms with E-state index in [0.717, 1.165) is 17.5 Å². The number of carbonyl (C=O) groups excluding carboxylic acids is 1. The van der Waals surface area contributed by atoms with E-state index in [2.05, 4.69) is 41.6 Å². The summed E-state index contributed by atoms with van der Waals surface area (Å²) in [4.78, 5) is 14.4. The summed E-state index contributed by atoms with van der Waals surface area (Å²) >= 11 is 0. The zero-order valence-electron chi connectivity index (χ0n) is 15.2. The van der Waals surface area contributed by atoms with Crippen molar-refractivity contribution in [2.45, 2.75) is 32.4 Å². The summed E-state index contributed by atoms with van der Waals surface area (Å²) in [5, 5.41) is 7.23. The molecule has 1 aromatic carbocycles. The third-order valence-electron chi connectivity index (χ3n) is 4.75. The number of amides is 2. The largest absolute Gasteiger partial charge is 0.367 e. The number of ether oxygens (including phenoxy) is 1. The van der Waals surface area contributed by atoms with Crippen molar-refractivity contribution >= 4 is 6.03 Å². The van der Waals surface area contributed by atoms with Gasteiger partial charge in [-0.25, -0.2) is 4.79 Å². The summed E-state index contributed by atoms with van der Waals surface area (Å²) in [6.45, 7) is 6.30. The maximum absolute atomic E-state index is 12.6. The lowest BCUT2D eigenvalue weighted by Gasteiger charge is -2.40. The molecule has 1 aliphatic heterocycles. The average molecular weight is 342 g/mol. The van der Waals surface area contributed by atoms with Gasteiger partial charge in [-0.05, 0) is 24.5 Å². The zero-order valence-corrected chi connectivity index (χ0v) is 15.2. The van der Waals surface area contributed by atoms with Gasteiger partial charge in [0.05, 0.1) is 19.3 Å². The van der Waals surface area contributed by atoms with Gasteiger partial charge in [0.1, 0.15) is 5.60 Å². The highest BCUT2D eigenvalue weighted by Gasteiger charge is 2.36. The molecule has 3 rings (SSSR count). The highest BCUT2D eigenvalue weighted by Crippen LogP contribution is 2.29. The first-order valence-corrected chi connectivity index (χ1v) is 8.74. The van der Waals surface area contributed by atoms with Crippen molar-refractivity contribution in [1.82, 2.24) is 20.0 Å². The van der Waals surface area contributed by atoms with Crippen LogP contribution in [0.4, 0.5) is 4.79 Å². The van der Waals surface area contributed by atoms with Gasteiger partial charge in [-0.3, -0.25) is 4.68 Å². The SMILES string of the molecule is CCc1ccc(CNC(=O)N2CCO[C@](C)(c3cnn(C)c3)C2)cc1. The van der Waals surface area contributed by atoms with Crippen molar-refractivity contribution < 1.29 is 9.53 Å². The van der Waals surface area contributed by atoms with Crippen molar-refractivity contribution in [3.63, 3.8) is 0 Å². The summed E-state index contributed by atoms with van der Waals surface area (Å²) in [5.74, 6) is 0. The second kappa shape index (κ2) is 7.27. The second-order valence-electron chi connectivity index (χ2n) is 6.73. The smallest absolute Gasteiger partial charge is 0.317 e. The molecule has 0 radical (unpaired) electrons. The number of rotatable bonds is 4. The van der Waals surface area contributed by atoms with Crippen molar-refractivity contribution in [3.05, 3.63) is 53.3 Å². The molecular weight excluding hydrogens is 316 g/mol. The van der Waals surface area contributed by atoms with Gasteiger partial charge in [0.25, 0.3) is 0 Å². The summed E-state index contributed by atoms with van der Waals surface area (Å²) in [7, 11) is 1.88. The lowest BCUT2D eigenvalue weighted by molar-refractivity contribution is -0.0907. The molecule has 1 fully saturated rings. The van der Waals surface area contributed by atoms with E-state index in [0.29, 0.717) is 26.2 Å². The summed E-state index contributed by atoms with van der Waals surface area (Å²) in [5.41, 5.74) is 2.87. The van der Waals surface area contributed by atoms with Crippen molar-refractivity contribution in [3.8, 4) is 0 Å². The molecule has 0 spiro atoms. The van der Waals surface area contributed by atoms with Crippen LogP contribution in [0.1, 0.15) is 30.5 Å². The summed E-state index contributed by atoms with van der Waals surface area (Å²) in [6, 6.07) is 8.29. The van der Waals surface area contributed by atoms with Crippen LogP contribution in [-0.4, -0.2) is 40.4 Å². The van der Waals surface area contributed by atoms with Gasteiger partial charge in [-0.15, -0.1) is 0 Å². The lowest BCUT2D eigenvalue weighted by atomic mass is 9.97. The minimum atomic E-state index is -0.521. The van der Waals surface area contributed by atoms with Crippen LogP contribution in [0.5, 0.6) is 0 Å². The molecule has 1 N–H and O–H groups in total. The van der Waals surface area contributed by atoms with Gasteiger partial charge < -0.3 is 15.0 Å². The summed E-state index contributed by atoms with van der Waals surface area (Å²) < 4.78 is 7.71. The predicted octanol–water partition coefficient (Wildman–Crippen LogP) is 2.44. The molecule has 1 aliphatic rings. The van der Waals surface area contributed by atoms with Crippen molar-refractivity contribution in [2.75, 3.05) is 19.7 Å². The lowest BCUT2D eigenvalue weighted by Crippen LogP contribution is -2.53. The van der Waals surface area contributed by atoms with Crippen LogP contribution < -0.4 is 5.32 Å². The van der Waals surface area contributed by atoms with Crippen LogP contribution in [-0.2, 0) is 30.4 Å². The molecule has 2 heterocycles. The number of nitrogens with zero attached hydrogens (tertiary/aromatic N) is 3. The number of aryl methyl sites for hydroxylation is 2. The number of carbonyl (C=O) groups is 1. The highest BCUT2D eigenvalue weighted by atomic mass is 16.5. The van der Waals surface area contributed by atoms with Crippen LogP contribution in [0, 0.1) is 0 Å². The summed E-state index contributed by atoms with van der Waals surface area (Å²) in [6.07, 6.45) is 4.76. The average Bonchev–Trinajstić information content (AvgIpc) is 3.07. The van der Waals surface area contributed by atoms with Gasteiger partial charge in [-0.2, -0.15) is 5.10 Å². The van der Waals surface area contributed by atoms with E-state index in [9.17, 15) is 4.79 Å². The van der Waals surface area contributed by atoms with Crippen molar-refractivity contribution in [1.29, 1.82) is 0 Å². The fourth-order valence-corrected chi connectivity index (χ4v) is 3.09. The van der Waals surface area contributed by atoms with Gasteiger partial charge in [0, 0.05) is 31.9 Å². The zero-order chi connectivity index (χ0) is 17.9. The number of hydrogen-bond acceptors (Lipinski definition) is 3. The van der Waals surface area contributed by atoms with E-state index in [-0.39, 0.29) is 6.03 Å². The quantitative estimate of drug-likeness (QED) is 0.928. The van der Waals surface area contributed by atoms with E-state index in [1.807, 2.05) is 25.1 Å². The molecule has 2 amide bonds. The van der Waals surface area contributed by atoms with E-state index in [1.165, 1.54) is 5.56 Å². The van der Waals surface area contributed by atoms with Crippen LogP contribution in [0.3, 0.4) is 0 Å². The maximum atomic E-state index is 12.6. The number of nitrogens with one attached hydrogen (secondary N) is 1. The third-order valence-corrected chi connectivity index (χ3v) is 4.75. The Morgan fingerprint density at radius 1 is 1.32 bits per heavy atom. The van der Waals surface area contributed by atoms with Gasteiger partial charge >= 0.3 is 6.03 Å². The Bertz CT molecular complexity index is 725. The first-order chi connectivity index (χ1) is 12.0. The van der Waals surface area contributed by atoms with E-state index < -0.39 is 5.60 Å². The van der Waals surface area contributed by atoms with Crippen LogP contribution in [0.25, 0.3) is 0 Å². The van der Waals surface area contributed by atoms with Gasteiger partial charge in [-0.1, -0.05) is 31.2 Å². The Morgan fingerprint density at radius 2 is 2.04 bits per heavy atom. The first kappa shape index (κ1) is 17.5. The van der Waals surface area contributed by atoms with Crippen LogP contribution in [0.15, 0.2) is 36.7 Å².